The van der Waals surface area contributed by atoms with Gasteiger partial charge in [0, 0.05) is 18.5 Å². The second-order valence-electron chi connectivity index (χ2n) is 5.86. The summed E-state index contributed by atoms with van der Waals surface area (Å²) < 4.78 is 19.2. The van der Waals surface area contributed by atoms with Crippen molar-refractivity contribution < 1.29 is 9.13 Å². The second kappa shape index (κ2) is 6.39. The summed E-state index contributed by atoms with van der Waals surface area (Å²) in [6, 6.07) is 13.0. The van der Waals surface area contributed by atoms with E-state index in [0.29, 0.717) is 0 Å². The predicted octanol–water partition coefficient (Wildman–Crippen LogP) is 4.42. The minimum Gasteiger partial charge on any atom is -0.496 e. The van der Waals surface area contributed by atoms with Gasteiger partial charge in [0.25, 0.3) is 0 Å². The summed E-state index contributed by atoms with van der Waals surface area (Å²) >= 11 is 3.51. The molecule has 0 bridgehead atoms. The number of hydrogen-bond donors (Lipinski definition) is 1. The second-order valence-corrected chi connectivity index (χ2v) is 6.71. The molecule has 1 N–H and O–H groups in total. The zero-order chi connectivity index (χ0) is 15.6. The molecule has 1 saturated carbocycles. The Bertz CT molecular complexity index is 653. The van der Waals surface area contributed by atoms with Gasteiger partial charge in [-0.25, -0.2) is 4.39 Å². The average Bonchev–Trinajstić information content (AvgIpc) is 3.29. The minimum atomic E-state index is -0.171. The molecule has 0 unspecified atom stereocenters. The number of rotatable bonds is 6. The lowest BCUT2D eigenvalue weighted by Gasteiger charge is -2.17. The maximum atomic E-state index is 13.0. The topological polar surface area (TPSA) is 21.3 Å². The molecule has 0 aromatic heterocycles. The lowest BCUT2D eigenvalue weighted by atomic mass is 9.96. The largest absolute Gasteiger partial charge is 0.496 e. The van der Waals surface area contributed by atoms with Crippen LogP contribution in [0.15, 0.2) is 46.9 Å². The number of methoxy groups -OCH3 is 1. The Kier molecular flexibility index (Phi) is 4.50. The van der Waals surface area contributed by atoms with Gasteiger partial charge in [0.1, 0.15) is 11.6 Å². The third-order valence-electron chi connectivity index (χ3n) is 4.32. The Morgan fingerprint density at radius 1 is 1.18 bits per heavy atom. The molecule has 0 radical (unpaired) electrons. The van der Waals surface area contributed by atoms with Gasteiger partial charge in [0.05, 0.1) is 11.6 Å². The Morgan fingerprint density at radius 3 is 2.50 bits per heavy atom. The zero-order valence-corrected chi connectivity index (χ0v) is 14.1. The normalized spacial score (nSPS) is 15.6. The lowest BCUT2D eigenvalue weighted by Crippen LogP contribution is -2.26. The van der Waals surface area contributed by atoms with E-state index in [2.05, 4.69) is 33.4 Å². The van der Waals surface area contributed by atoms with Gasteiger partial charge in [-0.05, 0) is 64.2 Å². The van der Waals surface area contributed by atoms with Gasteiger partial charge < -0.3 is 10.1 Å². The van der Waals surface area contributed by atoms with Crippen LogP contribution in [-0.4, -0.2) is 13.7 Å². The summed E-state index contributed by atoms with van der Waals surface area (Å²) in [6.45, 7) is 1.73. The summed E-state index contributed by atoms with van der Waals surface area (Å²) in [4.78, 5) is 0. The fourth-order valence-electron chi connectivity index (χ4n) is 2.79. The summed E-state index contributed by atoms with van der Waals surface area (Å²) in [7, 11) is 1.66. The molecule has 4 heteroatoms. The molecule has 1 aliphatic carbocycles. The molecule has 22 heavy (non-hydrogen) atoms. The van der Waals surface area contributed by atoms with Crippen LogP contribution in [-0.2, 0) is 12.0 Å². The molecule has 1 aliphatic rings. The van der Waals surface area contributed by atoms with Gasteiger partial charge in [0.15, 0.2) is 0 Å². The Labute approximate surface area is 138 Å². The van der Waals surface area contributed by atoms with Gasteiger partial charge in [-0.15, -0.1) is 0 Å². The molecule has 0 aliphatic heterocycles. The number of hydrogen-bond acceptors (Lipinski definition) is 2. The number of halogens is 2. The number of ether oxygens (including phenoxy) is 1. The molecule has 116 valence electrons. The van der Waals surface area contributed by atoms with Crippen molar-refractivity contribution in [3.8, 4) is 5.75 Å². The van der Waals surface area contributed by atoms with Crippen molar-refractivity contribution in [1.29, 1.82) is 0 Å². The van der Waals surface area contributed by atoms with Crippen molar-refractivity contribution in [3.05, 3.63) is 63.9 Å². The first-order valence-corrected chi connectivity index (χ1v) is 8.21. The smallest absolute Gasteiger partial charge is 0.133 e. The molecular formula is C18H19BrFNO. The Hall–Kier alpha value is -1.39. The maximum Gasteiger partial charge on any atom is 0.133 e. The fraction of sp³-hybridized carbons (Fsp3) is 0.333. The molecule has 0 heterocycles. The highest BCUT2D eigenvalue weighted by Gasteiger charge is 2.43. The highest BCUT2D eigenvalue weighted by atomic mass is 79.9. The summed E-state index contributed by atoms with van der Waals surface area (Å²) in [5.41, 5.74) is 2.64. The van der Waals surface area contributed by atoms with E-state index in [4.69, 9.17) is 4.74 Å². The summed E-state index contributed by atoms with van der Waals surface area (Å²) in [6.07, 6.45) is 2.33. The van der Waals surface area contributed by atoms with Crippen LogP contribution < -0.4 is 10.1 Å². The highest BCUT2D eigenvalue weighted by molar-refractivity contribution is 9.10. The van der Waals surface area contributed by atoms with E-state index in [1.165, 1.54) is 11.1 Å². The van der Waals surface area contributed by atoms with Gasteiger partial charge in [-0.1, -0.05) is 18.2 Å². The number of nitrogens with one attached hydrogen (secondary N) is 1. The van der Waals surface area contributed by atoms with Crippen LogP contribution in [0.5, 0.6) is 5.75 Å². The molecule has 2 nitrogen and oxygen atoms in total. The van der Waals surface area contributed by atoms with E-state index < -0.39 is 0 Å². The predicted molar refractivity (Wildman–Crippen MR) is 89.7 cm³/mol. The third-order valence-corrected chi connectivity index (χ3v) is 4.94. The van der Waals surface area contributed by atoms with Crippen LogP contribution in [0.2, 0.25) is 0 Å². The van der Waals surface area contributed by atoms with Crippen LogP contribution in [0.1, 0.15) is 24.0 Å². The van der Waals surface area contributed by atoms with E-state index >= 15 is 0 Å². The van der Waals surface area contributed by atoms with Crippen molar-refractivity contribution in [2.45, 2.75) is 24.8 Å². The van der Waals surface area contributed by atoms with Crippen molar-refractivity contribution >= 4 is 15.9 Å². The first kappa shape index (κ1) is 15.5. The summed E-state index contributed by atoms with van der Waals surface area (Å²) in [5, 5.41) is 3.53. The highest BCUT2D eigenvalue weighted by Crippen LogP contribution is 2.47. The molecule has 3 rings (SSSR count). The van der Waals surface area contributed by atoms with E-state index in [1.54, 1.807) is 19.2 Å². The molecule has 1 fully saturated rings. The van der Waals surface area contributed by atoms with E-state index in [9.17, 15) is 4.39 Å². The Balaban J connectivity index is 1.59. The van der Waals surface area contributed by atoms with Crippen molar-refractivity contribution in [2.75, 3.05) is 13.7 Å². The SMILES string of the molecule is COc1ccc(CNCC2(c3ccc(F)cc3)CC2)cc1Br. The standard InChI is InChI=1S/C18H19BrFNO/c1-22-17-7-2-13(10-16(17)19)11-21-12-18(8-9-18)14-3-5-15(20)6-4-14/h2-7,10,21H,8-9,11-12H2,1H3. The van der Waals surface area contributed by atoms with Crippen LogP contribution in [0.3, 0.4) is 0 Å². The van der Waals surface area contributed by atoms with Crippen molar-refractivity contribution in [1.82, 2.24) is 5.32 Å². The van der Waals surface area contributed by atoms with Crippen LogP contribution in [0.25, 0.3) is 0 Å². The van der Waals surface area contributed by atoms with Crippen LogP contribution in [0, 0.1) is 5.82 Å². The monoisotopic (exact) mass is 363 g/mol. The molecule has 0 saturated heterocycles. The quantitative estimate of drug-likeness (QED) is 0.820. The molecular weight excluding hydrogens is 345 g/mol. The van der Waals surface area contributed by atoms with Gasteiger partial charge in [0.2, 0.25) is 0 Å². The maximum absolute atomic E-state index is 13.0. The van der Waals surface area contributed by atoms with Crippen molar-refractivity contribution in [2.24, 2.45) is 0 Å². The van der Waals surface area contributed by atoms with Gasteiger partial charge in [-0.3, -0.25) is 0 Å². The van der Waals surface area contributed by atoms with Crippen molar-refractivity contribution in [3.63, 3.8) is 0 Å². The molecule has 0 amide bonds. The first-order chi connectivity index (χ1) is 10.6. The van der Waals surface area contributed by atoms with Crippen LogP contribution >= 0.6 is 15.9 Å². The molecule has 0 spiro atoms. The average molecular weight is 364 g/mol. The number of benzene rings is 2. The van der Waals surface area contributed by atoms with Crippen LogP contribution in [0.4, 0.5) is 4.39 Å². The Morgan fingerprint density at radius 2 is 1.91 bits per heavy atom. The summed E-state index contributed by atoms with van der Waals surface area (Å²) in [5.74, 6) is 0.671. The third kappa shape index (κ3) is 3.33. The zero-order valence-electron chi connectivity index (χ0n) is 12.5. The molecule has 2 aromatic rings. The molecule has 2 aromatic carbocycles. The first-order valence-electron chi connectivity index (χ1n) is 7.42. The van der Waals surface area contributed by atoms with Gasteiger partial charge >= 0.3 is 0 Å². The minimum absolute atomic E-state index is 0.171. The van der Waals surface area contributed by atoms with E-state index in [1.807, 2.05) is 18.2 Å². The lowest BCUT2D eigenvalue weighted by molar-refractivity contribution is 0.412. The van der Waals surface area contributed by atoms with E-state index in [0.717, 1.165) is 36.2 Å². The fourth-order valence-corrected chi connectivity index (χ4v) is 3.38. The molecule has 0 atom stereocenters. The van der Waals surface area contributed by atoms with Gasteiger partial charge in [-0.2, -0.15) is 0 Å². The van der Waals surface area contributed by atoms with E-state index in [-0.39, 0.29) is 11.2 Å².